The molecule has 110 valence electrons. The summed E-state index contributed by atoms with van der Waals surface area (Å²) in [6.07, 6.45) is 2.10. The minimum Gasteiger partial charge on any atom is -0.468 e. The van der Waals surface area contributed by atoms with Crippen molar-refractivity contribution in [1.82, 2.24) is 25.1 Å². The van der Waals surface area contributed by atoms with Crippen molar-refractivity contribution >= 4 is 11.9 Å². The molecule has 9 heteroatoms. The van der Waals surface area contributed by atoms with E-state index in [4.69, 9.17) is 0 Å². The number of carbonyl (C=O) groups excluding carboxylic acids is 2. The lowest BCUT2D eigenvalue weighted by Gasteiger charge is -2.18. The monoisotopic (exact) mass is 283 g/mol. The van der Waals surface area contributed by atoms with Gasteiger partial charge in [0, 0.05) is 0 Å². The van der Waals surface area contributed by atoms with E-state index in [1.165, 1.54) is 14.2 Å². The number of methoxy groups -OCH3 is 2. The molecule has 9 nitrogen and oxygen atoms in total. The van der Waals surface area contributed by atoms with Gasteiger partial charge >= 0.3 is 11.9 Å². The van der Waals surface area contributed by atoms with Gasteiger partial charge in [0.25, 0.3) is 0 Å². The molecular formula is C11H17N5O4. The molecule has 0 aromatic carbocycles. The van der Waals surface area contributed by atoms with Gasteiger partial charge in [0.1, 0.15) is 0 Å². The Balaban J connectivity index is 2.03. The van der Waals surface area contributed by atoms with Crippen LogP contribution in [-0.4, -0.2) is 64.4 Å². The van der Waals surface area contributed by atoms with Gasteiger partial charge in [0.15, 0.2) is 5.82 Å². The van der Waals surface area contributed by atoms with E-state index in [1.54, 1.807) is 9.58 Å². The van der Waals surface area contributed by atoms with Crippen LogP contribution in [-0.2, 0) is 25.6 Å². The van der Waals surface area contributed by atoms with Crippen LogP contribution in [0.4, 0.5) is 0 Å². The van der Waals surface area contributed by atoms with E-state index >= 15 is 0 Å². The number of hydrogen-bond acceptors (Lipinski definition) is 8. The summed E-state index contributed by atoms with van der Waals surface area (Å²) in [4.78, 5) is 24.3. The summed E-state index contributed by atoms with van der Waals surface area (Å²) >= 11 is 0. The van der Waals surface area contributed by atoms with Crippen molar-refractivity contribution in [1.29, 1.82) is 0 Å². The maximum atomic E-state index is 11.4. The van der Waals surface area contributed by atoms with Crippen LogP contribution in [0.2, 0.25) is 0 Å². The SMILES string of the molecule is COC(=O)CN(CC(=O)OC)Cc1nnnn1C1CC1. The molecule has 20 heavy (non-hydrogen) atoms. The summed E-state index contributed by atoms with van der Waals surface area (Å²) in [5.41, 5.74) is 0. The van der Waals surface area contributed by atoms with Gasteiger partial charge in [-0.25, -0.2) is 4.68 Å². The lowest BCUT2D eigenvalue weighted by Crippen LogP contribution is -2.36. The molecule has 0 radical (unpaired) electrons. The topological polar surface area (TPSA) is 99.4 Å². The van der Waals surface area contributed by atoms with Gasteiger partial charge in [-0.05, 0) is 23.3 Å². The van der Waals surface area contributed by atoms with Crippen LogP contribution in [0.25, 0.3) is 0 Å². The van der Waals surface area contributed by atoms with Crippen molar-refractivity contribution in [3.8, 4) is 0 Å². The molecule has 0 unspecified atom stereocenters. The molecule has 1 aliphatic carbocycles. The van der Waals surface area contributed by atoms with Crippen LogP contribution in [0, 0.1) is 0 Å². The highest BCUT2D eigenvalue weighted by Crippen LogP contribution is 2.34. The molecule has 0 N–H and O–H groups in total. The minimum absolute atomic E-state index is 0.0247. The van der Waals surface area contributed by atoms with Gasteiger partial charge in [-0.15, -0.1) is 5.10 Å². The number of hydrogen-bond donors (Lipinski definition) is 0. The Morgan fingerprint density at radius 2 is 1.85 bits per heavy atom. The fourth-order valence-corrected chi connectivity index (χ4v) is 1.78. The third-order valence-corrected chi connectivity index (χ3v) is 2.98. The Hall–Kier alpha value is -2.03. The molecule has 0 bridgehead atoms. The first-order valence-electron chi connectivity index (χ1n) is 6.26. The zero-order chi connectivity index (χ0) is 14.5. The van der Waals surface area contributed by atoms with Crippen molar-refractivity contribution in [2.45, 2.75) is 25.4 Å². The third kappa shape index (κ3) is 3.73. The van der Waals surface area contributed by atoms with Crippen LogP contribution in [0.15, 0.2) is 0 Å². The molecule has 0 spiro atoms. The number of aromatic nitrogens is 4. The van der Waals surface area contributed by atoms with E-state index in [0.29, 0.717) is 11.9 Å². The molecule has 1 aromatic rings. The number of nitrogens with zero attached hydrogens (tertiary/aromatic N) is 5. The summed E-state index contributed by atoms with van der Waals surface area (Å²) in [6, 6.07) is 0.332. The summed E-state index contributed by atoms with van der Waals surface area (Å²) in [6.45, 7) is 0.236. The molecule has 0 amide bonds. The normalized spacial score (nSPS) is 14.3. The highest BCUT2D eigenvalue weighted by atomic mass is 16.5. The average molecular weight is 283 g/mol. The number of esters is 2. The number of carbonyl (C=O) groups is 2. The molecule has 1 aliphatic rings. The van der Waals surface area contributed by atoms with E-state index in [0.717, 1.165) is 12.8 Å². The van der Waals surface area contributed by atoms with E-state index in [9.17, 15) is 9.59 Å². The summed E-state index contributed by atoms with van der Waals surface area (Å²) < 4.78 is 11.0. The van der Waals surface area contributed by atoms with Gasteiger partial charge in [-0.1, -0.05) is 0 Å². The molecule has 2 rings (SSSR count). The quantitative estimate of drug-likeness (QED) is 0.597. The molecule has 1 saturated carbocycles. The highest BCUT2D eigenvalue weighted by molar-refractivity contribution is 5.74. The Bertz CT molecular complexity index is 467. The average Bonchev–Trinajstić information content (AvgIpc) is 3.18. The second-order valence-corrected chi connectivity index (χ2v) is 4.57. The standard InChI is InChI=1S/C11H17N5O4/c1-19-10(17)6-15(7-11(18)20-2)5-9-12-13-14-16(9)8-3-4-8/h8H,3-7H2,1-2H3. The predicted molar refractivity (Wildman–Crippen MR) is 65.4 cm³/mol. The molecule has 1 aromatic heterocycles. The second-order valence-electron chi connectivity index (χ2n) is 4.57. The van der Waals surface area contributed by atoms with Gasteiger partial charge in [-0.3, -0.25) is 14.5 Å². The highest BCUT2D eigenvalue weighted by Gasteiger charge is 2.29. The first-order valence-corrected chi connectivity index (χ1v) is 6.26. The Labute approximate surface area is 115 Å². The fourth-order valence-electron chi connectivity index (χ4n) is 1.78. The molecule has 0 aliphatic heterocycles. The first kappa shape index (κ1) is 14.4. The molecule has 1 fully saturated rings. The molecule has 0 saturated heterocycles. The van der Waals surface area contributed by atoms with Gasteiger partial charge in [-0.2, -0.15) is 0 Å². The van der Waals surface area contributed by atoms with Crippen molar-refractivity contribution < 1.29 is 19.1 Å². The minimum atomic E-state index is -0.431. The van der Waals surface area contributed by atoms with Crippen molar-refractivity contribution in [3.05, 3.63) is 5.82 Å². The van der Waals surface area contributed by atoms with Gasteiger partial charge < -0.3 is 9.47 Å². The van der Waals surface area contributed by atoms with Gasteiger partial charge in [0.2, 0.25) is 0 Å². The molecule has 1 heterocycles. The maximum Gasteiger partial charge on any atom is 0.319 e. The van der Waals surface area contributed by atoms with Gasteiger partial charge in [0.05, 0.1) is 39.9 Å². The number of tetrazole rings is 1. The largest absolute Gasteiger partial charge is 0.468 e. The smallest absolute Gasteiger partial charge is 0.319 e. The summed E-state index contributed by atoms with van der Waals surface area (Å²) in [5, 5.41) is 11.5. The van der Waals surface area contributed by atoms with Crippen LogP contribution in [0.3, 0.4) is 0 Å². The zero-order valence-electron chi connectivity index (χ0n) is 11.5. The number of rotatable bonds is 7. The second kappa shape index (κ2) is 6.42. The first-order chi connectivity index (χ1) is 9.63. The predicted octanol–water partition coefficient (Wildman–Crippen LogP) is -0.844. The van der Waals surface area contributed by atoms with Crippen LogP contribution in [0.1, 0.15) is 24.7 Å². The van der Waals surface area contributed by atoms with E-state index in [1.807, 2.05) is 0 Å². The van der Waals surface area contributed by atoms with Crippen molar-refractivity contribution in [2.24, 2.45) is 0 Å². The fraction of sp³-hybridized carbons (Fsp3) is 0.727. The lowest BCUT2D eigenvalue weighted by atomic mass is 10.4. The third-order valence-electron chi connectivity index (χ3n) is 2.98. The van der Waals surface area contributed by atoms with Crippen molar-refractivity contribution in [3.63, 3.8) is 0 Å². The summed E-state index contributed by atoms with van der Waals surface area (Å²) in [5.74, 6) is -0.237. The molecular weight excluding hydrogens is 266 g/mol. The Morgan fingerprint density at radius 3 is 2.35 bits per heavy atom. The maximum absolute atomic E-state index is 11.4. The van der Waals surface area contributed by atoms with Crippen molar-refractivity contribution in [2.75, 3.05) is 27.3 Å². The van der Waals surface area contributed by atoms with E-state index in [-0.39, 0.29) is 19.6 Å². The van der Waals surface area contributed by atoms with E-state index in [2.05, 4.69) is 25.0 Å². The molecule has 0 atom stereocenters. The van der Waals surface area contributed by atoms with Crippen LogP contribution < -0.4 is 0 Å². The summed E-state index contributed by atoms with van der Waals surface area (Å²) in [7, 11) is 2.60. The Morgan fingerprint density at radius 1 is 1.25 bits per heavy atom. The van der Waals surface area contributed by atoms with Crippen LogP contribution in [0.5, 0.6) is 0 Å². The number of ether oxygens (including phenoxy) is 2. The van der Waals surface area contributed by atoms with E-state index < -0.39 is 11.9 Å². The lowest BCUT2D eigenvalue weighted by molar-refractivity contribution is -0.145. The Kier molecular flexibility index (Phi) is 4.61. The van der Waals surface area contributed by atoms with Crippen LogP contribution >= 0.6 is 0 Å². The zero-order valence-corrected chi connectivity index (χ0v) is 11.5.